The van der Waals surface area contributed by atoms with E-state index >= 15 is 0 Å². The molecular weight excluding hydrogens is 351 g/mol. The van der Waals surface area contributed by atoms with Gasteiger partial charge in [0.15, 0.2) is 0 Å². The van der Waals surface area contributed by atoms with E-state index < -0.39 is 11.4 Å². The van der Waals surface area contributed by atoms with E-state index in [0.717, 1.165) is 0 Å². The molecule has 150 valence electrons. The molecule has 2 rings (SSSR count). The lowest BCUT2D eigenvalue weighted by Gasteiger charge is -2.43. The van der Waals surface area contributed by atoms with Crippen molar-refractivity contribution in [3.63, 3.8) is 0 Å². The minimum atomic E-state index is -0.547. The summed E-state index contributed by atoms with van der Waals surface area (Å²) in [6, 6.07) is 5.95. The van der Waals surface area contributed by atoms with Crippen LogP contribution in [0.5, 0.6) is 0 Å². The first-order chi connectivity index (χ1) is 12.9. The van der Waals surface area contributed by atoms with Crippen molar-refractivity contribution in [2.24, 2.45) is 0 Å². The minimum Gasteiger partial charge on any atom is -0.394 e. The first kappa shape index (κ1) is 21.5. The predicted octanol–water partition coefficient (Wildman–Crippen LogP) is 1.55. The van der Waals surface area contributed by atoms with E-state index in [1.807, 2.05) is 6.92 Å². The van der Waals surface area contributed by atoms with Crippen molar-refractivity contribution in [3.05, 3.63) is 48.3 Å². The highest BCUT2D eigenvalue weighted by Gasteiger charge is 2.34. The highest BCUT2D eigenvalue weighted by Crippen LogP contribution is 2.21. The lowest BCUT2D eigenvalue weighted by atomic mass is 9.99. The molecule has 0 unspecified atom stereocenters. The summed E-state index contributed by atoms with van der Waals surface area (Å²) in [4.78, 5) is 16.5. The van der Waals surface area contributed by atoms with E-state index in [1.54, 1.807) is 30.2 Å². The summed E-state index contributed by atoms with van der Waals surface area (Å²) in [5, 5.41) is 9.71. The van der Waals surface area contributed by atoms with Crippen LogP contribution in [-0.4, -0.2) is 85.6 Å². The molecule has 0 saturated carbocycles. The largest absolute Gasteiger partial charge is 0.394 e. The van der Waals surface area contributed by atoms with Crippen LogP contribution in [0.4, 0.5) is 4.39 Å². The average molecular weight is 380 g/mol. The molecule has 1 amide bonds. The SMILES string of the molecule is C=C[C@@](C)(CO)N1CCO[C@@H](CN(CCOC)C(=O)c2ccccc2F)C1. The molecule has 1 aliphatic heterocycles. The van der Waals surface area contributed by atoms with E-state index in [2.05, 4.69) is 11.5 Å². The van der Waals surface area contributed by atoms with Gasteiger partial charge in [-0.1, -0.05) is 18.2 Å². The Hall–Kier alpha value is -1.80. The van der Waals surface area contributed by atoms with Gasteiger partial charge in [-0.25, -0.2) is 4.39 Å². The molecule has 1 saturated heterocycles. The number of aliphatic hydroxyl groups is 1. The molecule has 1 aliphatic rings. The zero-order chi connectivity index (χ0) is 19.9. The molecule has 0 radical (unpaired) electrons. The van der Waals surface area contributed by atoms with Crippen LogP contribution in [0.25, 0.3) is 0 Å². The molecule has 0 aliphatic carbocycles. The maximum atomic E-state index is 14.1. The number of morpholine rings is 1. The summed E-state index contributed by atoms with van der Waals surface area (Å²) in [5.74, 6) is -0.935. The number of amides is 1. The zero-order valence-electron chi connectivity index (χ0n) is 16.1. The third kappa shape index (κ3) is 5.35. The second kappa shape index (κ2) is 9.94. The van der Waals surface area contributed by atoms with Gasteiger partial charge in [0.2, 0.25) is 0 Å². The number of halogens is 1. The van der Waals surface area contributed by atoms with Crippen molar-refractivity contribution in [1.82, 2.24) is 9.80 Å². The number of rotatable bonds is 9. The molecule has 27 heavy (non-hydrogen) atoms. The molecule has 0 bridgehead atoms. The summed E-state index contributed by atoms with van der Waals surface area (Å²) >= 11 is 0. The van der Waals surface area contributed by atoms with Crippen molar-refractivity contribution >= 4 is 5.91 Å². The van der Waals surface area contributed by atoms with Gasteiger partial charge in [0.1, 0.15) is 5.82 Å². The normalized spacial score (nSPS) is 20.1. The van der Waals surface area contributed by atoms with Gasteiger partial charge in [-0.15, -0.1) is 6.58 Å². The van der Waals surface area contributed by atoms with Gasteiger partial charge >= 0.3 is 0 Å². The summed E-state index contributed by atoms with van der Waals surface area (Å²) in [6.45, 7) is 8.36. The van der Waals surface area contributed by atoms with Crippen molar-refractivity contribution in [3.8, 4) is 0 Å². The molecule has 2 atom stereocenters. The van der Waals surface area contributed by atoms with Gasteiger partial charge in [0.25, 0.3) is 5.91 Å². The van der Waals surface area contributed by atoms with E-state index in [1.165, 1.54) is 12.1 Å². The van der Waals surface area contributed by atoms with E-state index in [9.17, 15) is 14.3 Å². The van der Waals surface area contributed by atoms with Gasteiger partial charge in [-0.3, -0.25) is 9.69 Å². The van der Waals surface area contributed by atoms with Gasteiger partial charge in [-0.2, -0.15) is 0 Å². The molecule has 7 heteroatoms. The molecule has 1 aromatic rings. The first-order valence-electron chi connectivity index (χ1n) is 9.09. The van der Waals surface area contributed by atoms with Crippen molar-refractivity contribution in [1.29, 1.82) is 0 Å². The second-order valence-corrected chi connectivity index (χ2v) is 6.88. The van der Waals surface area contributed by atoms with Crippen molar-refractivity contribution in [2.75, 3.05) is 53.1 Å². The van der Waals surface area contributed by atoms with E-state index in [4.69, 9.17) is 9.47 Å². The molecule has 0 aromatic heterocycles. The second-order valence-electron chi connectivity index (χ2n) is 6.88. The number of carbonyl (C=O) groups excluding carboxylic acids is 1. The van der Waals surface area contributed by atoms with Gasteiger partial charge < -0.3 is 19.5 Å². The lowest BCUT2D eigenvalue weighted by Crippen LogP contribution is -2.57. The molecule has 1 heterocycles. The van der Waals surface area contributed by atoms with Crippen LogP contribution in [0.15, 0.2) is 36.9 Å². The van der Waals surface area contributed by atoms with E-state index in [-0.39, 0.29) is 24.2 Å². The Morgan fingerprint density at radius 1 is 1.56 bits per heavy atom. The maximum absolute atomic E-state index is 14.1. The highest BCUT2D eigenvalue weighted by molar-refractivity contribution is 5.94. The van der Waals surface area contributed by atoms with Gasteiger partial charge in [0.05, 0.1) is 37.0 Å². The summed E-state index contributed by atoms with van der Waals surface area (Å²) in [6.07, 6.45) is 1.47. The number of aliphatic hydroxyl groups excluding tert-OH is 1. The predicted molar refractivity (Wildman–Crippen MR) is 101 cm³/mol. The summed E-state index contributed by atoms with van der Waals surface area (Å²) < 4.78 is 25.0. The van der Waals surface area contributed by atoms with E-state index in [0.29, 0.717) is 39.4 Å². The van der Waals surface area contributed by atoms with Crippen LogP contribution < -0.4 is 0 Å². The quantitative estimate of drug-likeness (QED) is 0.659. The van der Waals surface area contributed by atoms with Crippen LogP contribution in [0.1, 0.15) is 17.3 Å². The maximum Gasteiger partial charge on any atom is 0.256 e. The lowest BCUT2D eigenvalue weighted by molar-refractivity contribution is -0.0733. The number of methoxy groups -OCH3 is 1. The number of benzene rings is 1. The molecule has 1 aromatic carbocycles. The third-order valence-electron chi connectivity index (χ3n) is 5.00. The fourth-order valence-electron chi connectivity index (χ4n) is 3.12. The minimum absolute atomic E-state index is 0.0348. The molecule has 1 N–H and O–H groups in total. The average Bonchev–Trinajstić information content (AvgIpc) is 2.70. The van der Waals surface area contributed by atoms with Crippen LogP contribution in [-0.2, 0) is 9.47 Å². The topological polar surface area (TPSA) is 62.2 Å². The first-order valence-corrected chi connectivity index (χ1v) is 9.09. The fraction of sp³-hybridized carbons (Fsp3) is 0.550. The Bertz CT molecular complexity index is 642. The van der Waals surface area contributed by atoms with Crippen LogP contribution in [0.3, 0.4) is 0 Å². The van der Waals surface area contributed by atoms with Gasteiger partial charge in [-0.05, 0) is 19.1 Å². The zero-order valence-corrected chi connectivity index (χ0v) is 16.1. The number of nitrogens with zero attached hydrogens (tertiary/aromatic N) is 2. The van der Waals surface area contributed by atoms with Crippen LogP contribution >= 0.6 is 0 Å². The highest BCUT2D eigenvalue weighted by atomic mass is 19.1. The van der Waals surface area contributed by atoms with Crippen molar-refractivity contribution < 1.29 is 23.8 Å². The van der Waals surface area contributed by atoms with Gasteiger partial charge in [0, 0.05) is 33.3 Å². The molecular formula is C20H29FN2O4. The Kier molecular flexibility index (Phi) is 7.91. The van der Waals surface area contributed by atoms with Crippen LogP contribution in [0.2, 0.25) is 0 Å². The summed E-state index contributed by atoms with van der Waals surface area (Å²) in [5.41, 5.74) is -0.512. The molecule has 0 spiro atoms. The Balaban J connectivity index is 2.12. The Labute approximate surface area is 160 Å². The number of ether oxygens (including phenoxy) is 2. The van der Waals surface area contributed by atoms with Crippen molar-refractivity contribution in [2.45, 2.75) is 18.6 Å². The number of hydrogen-bond donors (Lipinski definition) is 1. The fourth-order valence-corrected chi connectivity index (χ4v) is 3.12. The monoisotopic (exact) mass is 380 g/mol. The number of carbonyl (C=O) groups is 1. The smallest absolute Gasteiger partial charge is 0.256 e. The van der Waals surface area contributed by atoms with Crippen LogP contribution in [0, 0.1) is 5.82 Å². The third-order valence-corrected chi connectivity index (χ3v) is 5.00. The molecule has 1 fully saturated rings. The standard InChI is InChI=1S/C20H29FN2O4/c1-4-20(2,15-24)23-10-12-27-16(14-23)13-22(9-11-26-3)19(25)17-7-5-6-8-18(17)21/h4-8,16,24H,1,9-15H2,2-3H3/t16-,20-/m0/s1. The Morgan fingerprint density at radius 3 is 2.93 bits per heavy atom. The molecule has 6 nitrogen and oxygen atoms in total. The number of hydrogen-bond acceptors (Lipinski definition) is 5. The Morgan fingerprint density at radius 2 is 2.30 bits per heavy atom. The summed E-state index contributed by atoms with van der Waals surface area (Å²) in [7, 11) is 1.56.